The minimum Gasteiger partial charge on any atom is -0.463 e. The topological polar surface area (TPSA) is 103 Å². The Kier molecular flexibility index (Phi) is 4.62. The zero-order valence-corrected chi connectivity index (χ0v) is 14.8. The maximum Gasteiger partial charge on any atom is 0.306 e. The standard InChI is InChI=1S/C20H13FN4O4/c21-15-9-8-13(11-17(15)25(27)28)22-20(26)18-12-16(19-7-4-10-29-19)23-24(18)14-5-2-1-3-6-14/h1-12H,(H,22,26). The van der Waals surface area contributed by atoms with Crippen LogP contribution in [0.2, 0.25) is 0 Å². The summed E-state index contributed by atoms with van der Waals surface area (Å²) in [6, 6.07) is 17.1. The molecule has 0 bridgehead atoms. The molecule has 0 saturated heterocycles. The van der Waals surface area contributed by atoms with E-state index in [1.54, 1.807) is 42.5 Å². The maximum absolute atomic E-state index is 13.5. The Balaban J connectivity index is 1.73. The number of nitrogens with one attached hydrogen (secondary N) is 1. The zero-order chi connectivity index (χ0) is 20.4. The number of anilines is 1. The Labute approximate surface area is 163 Å². The first-order chi connectivity index (χ1) is 14.0. The highest BCUT2D eigenvalue weighted by atomic mass is 19.1. The number of nitro groups is 1. The van der Waals surface area contributed by atoms with Crippen LogP contribution in [0, 0.1) is 15.9 Å². The number of rotatable bonds is 5. The number of carbonyl (C=O) groups is 1. The molecule has 144 valence electrons. The molecule has 8 nitrogen and oxygen atoms in total. The van der Waals surface area contributed by atoms with Gasteiger partial charge in [-0.3, -0.25) is 14.9 Å². The molecule has 0 aliphatic rings. The molecular formula is C20H13FN4O4. The van der Waals surface area contributed by atoms with Crippen molar-refractivity contribution in [3.8, 4) is 17.1 Å². The van der Waals surface area contributed by atoms with Crippen LogP contribution in [-0.2, 0) is 0 Å². The highest BCUT2D eigenvalue weighted by Crippen LogP contribution is 2.25. The Morgan fingerprint density at radius 1 is 1.10 bits per heavy atom. The van der Waals surface area contributed by atoms with E-state index in [4.69, 9.17) is 4.42 Å². The summed E-state index contributed by atoms with van der Waals surface area (Å²) in [6.45, 7) is 0. The third-order valence-electron chi connectivity index (χ3n) is 4.12. The van der Waals surface area contributed by atoms with E-state index in [0.717, 1.165) is 12.1 Å². The number of halogens is 1. The van der Waals surface area contributed by atoms with Crippen molar-refractivity contribution in [3.05, 3.63) is 94.6 Å². The number of benzene rings is 2. The zero-order valence-electron chi connectivity index (χ0n) is 14.8. The number of hydrogen-bond donors (Lipinski definition) is 1. The quantitative estimate of drug-likeness (QED) is 0.400. The van der Waals surface area contributed by atoms with Gasteiger partial charge >= 0.3 is 5.69 Å². The van der Waals surface area contributed by atoms with Crippen LogP contribution in [0.25, 0.3) is 17.1 Å². The maximum atomic E-state index is 13.5. The minimum atomic E-state index is -0.984. The summed E-state index contributed by atoms with van der Waals surface area (Å²) in [4.78, 5) is 23.0. The Bertz CT molecular complexity index is 1190. The van der Waals surface area contributed by atoms with Gasteiger partial charge in [-0.15, -0.1) is 0 Å². The van der Waals surface area contributed by atoms with E-state index in [-0.39, 0.29) is 11.4 Å². The van der Waals surface area contributed by atoms with E-state index >= 15 is 0 Å². The fourth-order valence-corrected chi connectivity index (χ4v) is 2.78. The summed E-state index contributed by atoms with van der Waals surface area (Å²) in [5.41, 5.74) is 0.614. The van der Waals surface area contributed by atoms with Gasteiger partial charge in [0.25, 0.3) is 5.91 Å². The molecule has 0 atom stereocenters. The molecule has 0 unspecified atom stereocenters. The number of carbonyl (C=O) groups excluding carboxylic acids is 1. The summed E-state index contributed by atoms with van der Waals surface area (Å²) in [6.07, 6.45) is 1.49. The van der Waals surface area contributed by atoms with Crippen molar-refractivity contribution in [2.75, 3.05) is 5.32 Å². The van der Waals surface area contributed by atoms with Gasteiger partial charge in [0.2, 0.25) is 5.82 Å². The van der Waals surface area contributed by atoms with Crippen molar-refractivity contribution in [1.29, 1.82) is 0 Å². The lowest BCUT2D eigenvalue weighted by molar-refractivity contribution is -0.387. The van der Waals surface area contributed by atoms with Crippen LogP contribution in [0.3, 0.4) is 0 Å². The van der Waals surface area contributed by atoms with Crippen LogP contribution in [0.1, 0.15) is 10.5 Å². The minimum absolute atomic E-state index is 0.0865. The van der Waals surface area contributed by atoms with Crippen molar-refractivity contribution in [2.45, 2.75) is 0 Å². The normalized spacial score (nSPS) is 10.7. The lowest BCUT2D eigenvalue weighted by Crippen LogP contribution is -2.17. The van der Waals surface area contributed by atoms with Crippen LogP contribution < -0.4 is 5.32 Å². The van der Waals surface area contributed by atoms with E-state index in [9.17, 15) is 19.3 Å². The molecule has 4 rings (SSSR count). The van der Waals surface area contributed by atoms with Gasteiger partial charge in [0, 0.05) is 17.8 Å². The monoisotopic (exact) mass is 392 g/mol. The lowest BCUT2D eigenvalue weighted by Gasteiger charge is -2.08. The third-order valence-corrected chi connectivity index (χ3v) is 4.12. The summed E-state index contributed by atoms with van der Waals surface area (Å²) in [7, 11) is 0. The Morgan fingerprint density at radius 3 is 2.59 bits per heavy atom. The van der Waals surface area contributed by atoms with Crippen molar-refractivity contribution < 1.29 is 18.5 Å². The van der Waals surface area contributed by atoms with E-state index in [2.05, 4.69) is 10.4 Å². The highest BCUT2D eigenvalue weighted by Gasteiger charge is 2.20. The average molecular weight is 392 g/mol. The number of nitro benzene ring substituents is 1. The fraction of sp³-hybridized carbons (Fsp3) is 0. The molecule has 0 aliphatic carbocycles. The number of hydrogen-bond acceptors (Lipinski definition) is 5. The molecule has 0 saturated carbocycles. The first kappa shape index (κ1) is 18.1. The molecule has 2 heterocycles. The molecule has 2 aromatic carbocycles. The second-order valence-electron chi connectivity index (χ2n) is 6.02. The first-order valence-corrected chi connectivity index (χ1v) is 8.47. The van der Waals surface area contributed by atoms with Crippen LogP contribution in [0.15, 0.2) is 77.4 Å². The molecule has 9 heteroatoms. The van der Waals surface area contributed by atoms with Crippen molar-refractivity contribution >= 4 is 17.3 Å². The van der Waals surface area contributed by atoms with Crippen LogP contribution >= 0.6 is 0 Å². The molecule has 0 aliphatic heterocycles. The molecule has 0 spiro atoms. The summed E-state index contributed by atoms with van der Waals surface area (Å²) in [5.74, 6) is -1.08. The van der Waals surface area contributed by atoms with Crippen LogP contribution in [-0.4, -0.2) is 20.6 Å². The number of furan rings is 1. The number of para-hydroxylation sites is 1. The van der Waals surface area contributed by atoms with Gasteiger partial charge in [0.1, 0.15) is 11.4 Å². The molecule has 1 N–H and O–H groups in total. The van der Waals surface area contributed by atoms with Crippen molar-refractivity contribution in [3.63, 3.8) is 0 Å². The summed E-state index contributed by atoms with van der Waals surface area (Å²) < 4.78 is 20.3. The van der Waals surface area contributed by atoms with Crippen molar-refractivity contribution in [1.82, 2.24) is 9.78 Å². The van der Waals surface area contributed by atoms with Gasteiger partial charge < -0.3 is 9.73 Å². The van der Waals surface area contributed by atoms with E-state index in [1.165, 1.54) is 17.0 Å². The second kappa shape index (κ2) is 7.39. The lowest BCUT2D eigenvalue weighted by atomic mass is 10.2. The van der Waals surface area contributed by atoms with E-state index in [0.29, 0.717) is 17.1 Å². The molecule has 2 aromatic heterocycles. The fourth-order valence-electron chi connectivity index (χ4n) is 2.78. The van der Waals surface area contributed by atoms with Gasteiger partial charge in [-0.2, -0.15) is 9.49 Å². The third kappa shape index (κ3) is 3.61. The van der Waals surface area contributed by atoms with Crippen LogP contribution in [0.4, 0.5) is 15.8 Å². The molecule has 0 radical (unpaired) electrons. The summed E-state index contributed by atoms with van der Waals surface area (Å²) in [5, 5.41) is 17.9. The van der Waals surface area contributed by atoms with E-state index in [1.807, 2.05) is 6.07 Å². The molecule has 4 aromatic rings. The van der Waals surface area contributed by atoms with Gasteiger partial charge in [-0.05, 0) is 36.4 Å². The van der Waals surface area contributed by atoms with Gasteiger partial charge in [0.15, 0.2) is 5.76 Å². The molecular weight excluding hydrogens is 379 g/mol. The van der Waals surface area contributed by atoms with Crippen molar-refractivity contribution in [2.24, 2.45) is 0 Å². The Morgan fingerprint density at radius 2 is 1.90 bits per heavy atom. The SMILES string of the molecule is O=C(Nc1ccc(F)c([N+](=O)[O-])c1)c1cc(-c2ccco2)nn1-c1ccccc1. The Hall–Kier alpha value is -4.27. The summed E-state index contributed by atoms with van der Waals surface area (Å²) >= 11 is 0. The van der Waals surface area contributed by atoms with Gasteiger partial charge in [-0.25, -0.2) is 4.68 Å². The largest absolute Gasteiger partial charge is 0.463 e. The number of nitrogens with zero attached hydrogens (tertiary/aromatic N) is 3. The average Bonchev–Trinajstić information content (AvgIpc) is 3.39. The van der Waals surface area contributed by atoms with Crippen LogP contribution in [0.5, 0.6) is 0 Å². The molecule has 29 heavy (non-hydrogen) atoms. The first-order valence-electron chi connectivity index (χ1n) is 8.47. The predicted molar refractivity (Wildman–Crippen MR) is 102 cm³/mol. The predicted octanol–water partition coefficient (Wildman–Crippen LogP) is 4.43. The van der Waals surface area contributed by atoms with Gasteiger partial charge in [0.05, 0.1) is 16.9 Å². The smallest absolute Gasteiger partial charge is 0.306 e. The molecule has 0 fully saturated rings. The number of aromatic nitrogens is 2. The second-order valence-corrected chi connectivity index (χ2v) is 6.02. The molecule has 1 amide bonds. The highest BCUT2D eigenvalue weighted by molar-refractivity contribution is 6.04. The van der Waals surface area contributed by atoms with Gasteiger partial charge in [-0.1, -0.05) is 18.2 Å². The number of amides is 1. The van der Waals surface area contributed by atoms with E-state index < -0.39 is 22.3 Å².